The second kappa shape index (κ2) is 8.60. The van der Waals surface area contributed by atoms with Gasteiger partial charge in [-0.15, -0.1) is 0 Å². The molecule has 108 valence electrons. The van der Waals surface area contributed by atoms with Crippen LogP contribution < -0.4 is 10.1 Å². The summed E-state index contributed by atoms with van der Waals surface area (Å²) in [4.78, 5) is 0. The zero-order valence-corrected chi connectivity index (χ0v) is 14.1. The minimum absolute atomic E-state index is 0.655. The Labute approximate surface area is 126 Å². The normalized spacial score (nSPS) is 12.7. The lowest BCUT2D eigenvalue weighted by Gasteiger charge is -2.15. The SMILES string of the molecule is COc1ccc(Br)cc1CC(C)CCNCC(C)C. The quantitative estimate of drug-likeness (QED) is 0.720. The Morgan fingerprint density at radius 2 is 2.00 bits per heavy atom. The summed E-state index contributed by atoms with van der Waals surface area (Å²) in [6.45, 7) is 8.98. The van der Waals surface area contributed by atoms with Crippen molar-refractivity contribution in [2.75, 3.05) is 20.2 Å². The predicted molar refractivity (Wildman–Crippen MR) is 85.9 cm³/mol. The van der Waals surface area contributed by atoms with Crippen LogP contribution in [0.25, 0.3) is 0 Å². The van der Waals surface area contributed by atoms with Gasteiger partial charge >= 0.3 is 0 Å². The first-order chi connectivity index (χ1) is 9.02. The fourth-order valence-electron chi connectivity index (χ4n) is 2.12. The zero-order chi connectivity index (χ0) is 14.3. The summed E-state index contributed by atoms with van der Waals surface area (Å²) in [6, 6.07) is 6.22. The van der Waals surface area contributed by atoms with E-state index in [1.165, 1.54) is 12.0 Å². The Hall–Kier alpha value is -0.540. The van der Waals surface area contributed by atoms with Gasteiger partial charge in [0.15, 0.2) is 0 Å². The van der Waals surface area contributed by atoms with E-state index in [1.54, 1.807) is 7.11 Å². The third kappa shape index (κ3) is 6.44. The molecule has 1 aromatic carbocycles. The van der Waals surface area contributed by atoms with Gasteiger partial charge in [0.1, 0.15) is 5.75 Å². The van der Waals surface area contributed by atoms with Crippen molar-refractivity contribution in [2.45, 2.75) is 33.6 Å². The van der Waals surface area contributed by atoms with Gasteiger partial charge in [0.2, 0.25) is 0 Å². The molecular formula is C16H26BrNO. The molecule has 19 heavy (non-hydrogen) atoms. The molecule has 1 rings (SSSR count). The van der Waals surface area contributed by atoms with Gasteiger partial charge in [-0.3, -0.25) is 0 Å². The molecule has 0 aromatic heterocycles. The average molecular weight is 328 g/mol. The van der Waals surface area contributed by atoms with Crippen molar-refractivity contribution >= 4 is 15.9 Å². The minimum atomic E-state index is 0.655. The lowest BCUT2D eigenvalue weighted by Crippen LogP contribution is -2.22. The van der Waals surface area contributed by atoms with Crippen LogP contribution in [0, 0.1) is 11.8 Å². The van der Waals surface area contributed by atoms with Gasteiger partial charge in [-0.1, -0.05) is 36.7 Å². The highest BCUT2D eigenvalue weighted by molar-refractivity contribution is 9.10. The summed E-state index contributed by atoms with van der Waals surface area (Å²) in [5, 5.41) is 3.50. The van der Waals surface area contributed by atoms with E-state index in [0.717, 1.165) is 35.7 Å². The van der Waals surface area contributed by atoms with Gasteiger partial charge in [-0.25, -0.2) is 0 Å². The Morgan fingerprint density at radius 1 is 1.26 bits per heavy atom. The van der Waals surface area contributed by atoms with Gasteiger partial charge in [0.05, 0.1) is 7.11 Å². The molecule has 0 heterocycles. The average Bonchev–Trinajstić information content (AvgIpc) is 2.35. The molecule has 2 nitrogen and oxygen atoms in total. The fourth-order valence-corrected chi connectivity index (χ4v) is 2.53. The first-order valence-electron chi connectivity index (χ1n) is 7.06. The standard InChI is InChI=1S/C16H26BrNO/c1-12(2)11-18-8-7-13(3)9-14-10-15(17)5-6-16(14)19-4/h5-6,10,12-13,18H,7-9,11H2,1-4H3. The van der Waals surface area contributed by atoms with E-state index in [9.17, 15) is 0 Å². The summed E-state index contributed by atoms with van der Waals surface area (Å²) < 4.78 is 6.54. The van der Waals surface area contributed by atoms with Gasteiger partial charge < -0.3 is 10.1 Å². The maximum atomic E-state index is 5.42. The lowest BCUT2D eigenvalue weighted by molar-refractivity contribution is 0.402. The van der Waals surface area contributed by atoms with Crippen LogP contribution in [0.2, 0.25) is 0 Å². The third-order valence-corrected chi connectivity index (χ3v) is 3.67. The van der Waals surface area contributed by atoms with E-state index in [-0.39, 0.29) is 0 Å². The first kappa shape index (κ1) is 16.5. The maximum absolute atomic E-state index is 5.42. The highest BCUT2D eigenvalue weighted by Crippen LogP contribution is 2.26. The lowest BCUT2D eigenvalue weighted by atomic mass is 9.97. The number of benzene rings is 1. The molecule has 0 bridgehead atoms. The van der Waals surface area contributed by atoms with E-state index in [4.69, 9.17) is 4.74 Å². The van der Waals surface area contributed by atoms with E-state index in [2.05, 4.69) is 48.1 Å². The molecule has 3 heteroatoms. The van der Waals surface area contributed by atoms with Crippen LogP contribution in [0.4, 0.5) is 0 Å². The van der Waals surface area contributed by atoms with E-state index in [0.29, 0.717) is 5.92 Å². The Morgan fingerprint density at radius 3 is 2.63 bits per heavy atom. The molecule has 0 amide bonds. The van der Waals surface area contributed by atoms with Crippen LogP contribution in [-0.2, 0) is 6.42 Å². The molecule has 0 aliphatic rings. The summed E-state index contributed by atoms with van der Waals surface area (Å²) >= 11 is 3.53. The summed E-state index contributed by atoms with van der Waals surface area (Å²) in [7, 11) is 1.74. The third-order valence-electron chi connectivity index (χ3n) is 3.18. The van der Waals surface area contributed by atoms with E-state index in [1.807, 2.05) is 12.1 Å². The van der Waals surface area contributed by atoms with Gasteiger partial charge in [0, 0.05) is 4.47 Å². The number of rotatable bonds is 8. The van der Waals surface area contributed by atoms with Crippen molar-refractivity contribution < 1.29 is 4.74 Å². The van der Waals surface area contributed by atoms with Gasteiger partial charge in [-0.2, -0.15) is 0 Å². The summed E-state index contributed by atoms with van der Waals surface area (Å²) in [5.74, 6) is 2.37. The van der Waals surface area contributed by atoms with Crippen LogP contribution in [-0.4, -0.2) is 20.2 Å². The molecule has 1 N–H and O–H groups in total. The minimum Gasteiger partial charge on any atom is -0.496 e. The van der Waals surface area contributed by atoms with Crippen molar-refractivity contribution in [3.63, 3.8) is 0 Å². The molecule has 0 radical (unpaired) electrons. The number of hydrogen-bond donors (Lipinski definition) is 1. The van der Waals surface area contributed by atoms with E-state index < -0.39 is 0 Å². The van der Waals surface area contributed by atoms with E-state index >= 15 is 0 Å². The van der Waals surface area contributed by atoms with Crippen molar-refractivity contribution in [1.82, 2.24) is 5.32 Å². The molecule has 0 saturated carbocycles. The first-order valence-corrected chi connectivity index (χ1v) is 7.85. The number of halogens is 1. The summed E-state index contributed by atoms with van der Waals surface area (Å²) in [6.07, 6.45) is 2.26. The number of nitrogens with one attached hydrogen (secondary N) is 1. The van der Waals surface area contributed by atoms with Crippen LogP contribution >= 0.6 is 15.9 Å². The smallest absolute Gasteiger partial charge is 0.122 e. The highest BCUT2D eigenvalue weighted by Gasteiger charge is 2.09. The van der Waals surface area contributed by atoms with Crippen molar-refractivity contribution in [2.24, 2.45) is 11.8 Å². The molecule has 1 atom stereocenters. The fraction of sp³-hybridized carbons (Fsp3) is 0.625. The molecule has 1 aromatic rings. The molecule has 0 saturated heterocycles. The molecule has 1 unspecified atom stereocenters. The van der Waals surface area contributed by atoms with Crippen LogP contribution in [0.15, 0.2) is 22.7 Å². The van der Waals surface area contributed by atoms with Crippen LogP contribution in [0.3, 0.4) is 0 Å². The summed E-state index contributed by atoms with van der Waals surface area (Å²) in [5.41, 5.74) is 1.29. The predicted octanol–water partition coefficient (Wildman–Crippen LogP) is 4.27. The Balaban J connectivity index is 2.43. The largest absolute Gasteiger partial charge is 0.496 e. The second-order valence-corrected chi connectivity index (χ2v) is 6.57. The van der Waals surface area contributed by atoms with Gasteiger partial charge in [0.25, 0.3) is 0 Å². The van der Waals surface area contributed by atoms with Crippen molar-refractivity contribution in [3.8, 4) is 5.75 Å². The Bertz CT molecular complexity index is 379. The topological polar surface area (TPSA) is 21.3 Å². The maximum Gasteiger partial charge on any atom is 0.122 e. The number of methoxy groups -OCH3 is 1. The van der Waals surface area contributed by atoms with Crippen LogP contribution in [0.5, 0.6) is 5.75 Å². The zero-order valence-electron chi connectivity index (χ0n) is 12.5. The molecule has 0 aliphatic carbocycles. The highest BCUT2D eigenvalue weighted by atomic mass is 79.9. The van der Waals surface area contributed by atoms with Crippen molar-refractivity contribution in [3.05, 3.63) is 28.2 Å². The Kier molecular flexibility index (Phi) is 7.47. The van der Waals surface area contributed by atoms with Crippen molar-refractivity contribution in [1.29, 1.82) is 0 Å². The number of hydrogen-bond acceptors (Lipinski definition) is 2. The monoisotopic (exact) mass is 327 g/mol. The molecule has 0 fully saturated rings. The number of ether oxygens (including phenoxy) is 1. The molecule has 0 aliphatic heterocycles. The van der Waals surface area contributed by atoms with Gasteiger partial charge in [-0.05, 0) is 61.5 Å². The second-order valence-electron chi connectivity index (χ2n) is 5.65. The van der Waals surface area contributed by atoms with Crippen LogP contribution in [0.1, 0.15) is 32.8 Å². The molecule has 0 spiro atoms. The molecular weight excluding hydrogens is 302 g/mol.